The molecule has 3 rings (SSSR count). The second-order valence-corrected chi connectivity index (χ2v) is 4.22. The summed E-state index contributed by atoms with van der Waals surface area (Å²) in [5.41, 5.74) is 2.31. The largest absolute Gasteiger partial charge is 0.301 e. The molecule has 1 aromatic carbocycles. The molecule has 0 aliphatic carbocycles. The average Bonchev–Trinajstić information content (AvgIpc) is 2.73. The molecule has 72 valence electrons. The third-order valence-electron chi connectivity index (χ3n) is 3.59. The molecule has 0 radical (unpaired) electrons. The first-order valence-corrected chi connectivity index (χ1v) is 5.16. The van der Waals surface area contributed by atoms with Gasteiger partial charge in [0.25, 0.3) is 0 Å². The Morgan fingerprint density at radius 1 is 1.36 bits per heavy atom. The fourth-order valence-corrected chi connectivity index (χ4v) is 2.91. The summed E-state index contributed by atoms with van der Waals surface area (Å²) < 4.78 is 0. The smallest absolute Gasteiger partial charge is 0.144 e. The van der Waals surface area contributed by atoms with E-state index >= 15 is 0 Å². The molecule has 0 N–H and O–H groups in total. The second kappa shape index (κ2) is 2.67. The number of benzene rings is 1. The molecule has 1 fully saturated rings. The Balaban J connectivity index is 2.20. The van der Waals surface area contributed by atoms with Gasteiger partial charge in [-0.3, -0.25) is 4.90 Å². The zero-order valence-corrected chi connectivity index (χ0v) is 8.07. The molecular weight excluding hydrogens is 174 g/mol. The van der Waals surface area contributed by atoms with Crippen LogP contribution in [0.5, 0.6) is 0 Å². The van der Waals surface area contributed by atoms with Crippen LogP contribution in [0.15, 0.2) is 24.3 Å². The molecule has 2 heterocycles. The summed E-state index contributed by atoms with van der Waals surface area (Å²) >= 11 is 0. The van der Waals surface area contributed by atoms with Gasteiger partial charge in [-0.05, 0) is 30.5 Å². The summed E-state index contributed by atoms with van der Waals surface area (Å²) in [5, 5.41) is 0. The maximum Gasteiger partial charge on any atom is 0.144 e. The number of rotatable bonds is 1. The van der Waals surface area contributed by atoms with Crippen molar-refractivity contribution >= 4 is 6.29 Å². The highest BCUT2D eigenvalue weighted by atomic mass is 16.1. The molecule has 14 heavy (non-hydrogen) atoms. The third-order valence-corrected chi connectivity index (χ3v) is 3.59. The fourth-order valence-electron chi connectivity index (χ4n) is 2.91. The van der Waals surface area contributed by atoms with Crippen molar-refractivity contribution in [2.75, 3.05) is 6.54 Å². The predicted molar refractivity (Wildman–Crippen MR) is 53.8 cm³/mol. The monoisotopic (exact) mass is 187 g/mol. The van der Waals surface area contributed by atoms with E-state index in [1.807, 2.05) is 6.07 Å². The molecule has 0 spiro atoms. The van der Waals surface area contributed by atoms with Crippen LogP contribution in [-0.2, 0) is 16.9 Å². The lowest BCUT2D eigenvalue weighted by molar-refractivity contribution is -0.117. The van der Waals surface area contributed by atoms with Crippen LogP contribution in [-0.4, -0.2) is 17.7 Å². The van der Waals surface area contributed by atoms with E-state index < -0.39 is 0 Å². The maximum absolute atomic E-state index is 11.3. The van der Waals surface area contributed by atoms with E-state index in [2.05, 4.69) is 23.1 Å². The van der Waals surface area contributed by atoms with E-state index in [0.717, 1.165) is 32.2 Å². The first kappa shape index (κ1) is 8.18. The van der Waals surface area contributed by atoms with Gasteiger partial charge in [-0.15, -0.1) is 0 Å². The maximum atomic E-state index is 11.3. The quantitative estimate of drug-likeness (QED) is 0.623. The minimum atomic E-state index is -0.267. The highest BCUT2D eigenvalue weighted by molar-refractivity contribution is 5.71. The predicted octanol–water partition coefficient (Wildman–Crippen LogP) is 1.69. The molecule has 0 bridgehead atoms. The highest BCUT2D eigenvalue weighted by Crippen LogP contribution is 2.44. The third kappa shape index (κ3) is 0.819. The first-order valence-electron chi connectivity index (χ1n) is 5.16. The number of hydrogen-bond acceptors (Lipinski definition) is 2. The van der Waals surface area contributed by atoms with Crippen LogP contribution in [0.4, 0.5) is 0 Å². The molecule has 0 aromatic heterocycles. The molecule has 0 amide bonds. The molecule has 2 heteroatoms. The van der Waals surface area contributed by atoms with Crippen LogP contribution in [0.3, 0.4) is 0 Å². The summed E-state index contributed by atoms with van der Waals surface area (Å²) in [4.78, 5) is 13.6. The number of nitrogens with zero attached hydrogens (tertiary/aromatic N) is 1. The van der Waals surface area contributed by atoms with Gasteiger partial charge >= 0.3 is 0 Å². The van der Waals surface area contributed by atoms with Gasteiger partial charge in [0.1, 0.15) is 11.8 Å². The number of hydrogen-bond donors (Lipinski definition) is 0. The summed E-state index contributed by atoms with van der Waals surface area (Å²) in [6.07, 6.45) is 3.28. The Hall–Kier alpha value is -1.15. The van der Waals surface area contributed by atoms with Crippen LogP contribution in [0.1, 0.15) is 24.0 Å². The van der Waals surface area contributed by atoms with Gasteiger partial charge in [-0.25, -0.2) is 0 Å². The minimum absolute atomic E-state index is 0.267. The topological polar surface area (TPSA) is 20.3 Å². The second-order valence-electron chi connectivity index (χ2n) is 4.22. The lowest BCUT2D eigenvalue weighted by Gasteiger charge is -2.26. The Morgan fingerprint density at radius 2 is 2.21 bits per heavy atom. The van der Waals surface area contributed by atoms with E-state index in [9.17, 15) is 4.79 Å². The Bertz CT molecular complexity index is 388. The lowest BCUT2D eigenvalue weighted by Crippen LogP contribution is -2.36. The molecule has 2 aliphatic heterocycles. The molecule has 2 aliphatic rings. The summed E-state index contributed by atoms with van der Waals surface area (Å²) in [7, 11) is 0. The first-order chi connectivity index (χ1) is 6.87. The fraction of sp³-hybridized carbons (Fsp3) is 0.417. The van der Waals surface area contributed by atoms with Crippen molar-refractivity contribution in [1.82, 2.24) is 4.90 Å². The van der Waals surface area contributed by atoms with Crippen LogP contribution in [0.25, 0.3) is 0 Å². The zero-order valence-electron chi connectivity index (χ0n) is 8.07. The van der Waals surface area contributed by atoms with Gasteiger partial charge in [0.05, 0.1) is 0 Å². The van der Waals surface area contributed by atoms with E-state index in [0.29, 0.717) is 0 Å². The van der Waals surface area contributed by atoms with Crippen molar-refractivity contribution in [3.63, 3.8) is 0 Å². The van der Waals surface area contributed by atoms with Crippen molar-refractivity contribution in [3.8, 4) is 0 Å². The van der Waals surface area contributed by atoms with Gasteiger partial charge in [0.2, 0.25) is 0 Å². The van der Waals surface area contributed by atoms with E-state index in [-0.39, 0.29) is 5.54 Å². The van der Waals surface area contributed by atoms with Crippen molar-refractivity contribution in [2.45, 2.75) is 24.9 Å². The summed E-state index contributed by atoms with van der Waals surface area (Å²) in [5.74, 6) is 0. The Morgan fingerprint density at radius 3 is 3.07 bits per heavy atom. The summed E-state index contributed by atoms with van der Waals surface area (Å²) in [6, 6.07) is 8.33. The minimum Gasteiger partial charge on any atom is -0.301 e. The van der Waals surface area contributed by atoms with Gasteiger partial charge in [0, 0.05) is 6.54 Å². The Kier molecular flexibility index (Phi) is 1.56. The molecular formula is C12H13NO. The Labute approximate surface area is 83.5 Å². The number of fused-ring (bicyclic) bond motifs is 3. The van der Waals surface area contributed by atoms with Crippen molar-refractivity contribution in [2.24, 2.45) is 0 Å². The molecule has 1 atom stereocenters. The van der Waals surface area contributed by atoms with Crippen LogP contribution in [0, 0.1) is 0 Å². The lowest BCUT2D eigenvalue weighted by atomic mass is 9.89. The van der Waals surface area contributed by atoms with Crippen LogP contribution < -0.4 is 0 Å². The number of aldehydes is 1. The van der Waals surface area contributed by atoms with E-state index in [1.54, 1.807) is 0 Å². The highest BCUT2D eigenvalue weighted by Gasteiger charge is 2.47. The molecule has 2 nitrogen and oxygen atoms in total. The van der Waals surface area contributed by atoms with Crippen molar-refractivity contribution in [3.05, 3.63) is 35.4 Å². The van der Waals surface area contributed by atoms with Crippen molar-refractivity contribution in [1.29, 1.82) is 0 Å². The van der Waals surface area contributed by atoms with Gasteiger partial charge < -0.3 is 4.79 Å². The van der Waals surface area contributed by atoms with Gasteiger partial charge in [-0.1, -0.05) is 24.3 Å². The van der Waals surface area contributed by atoms with Gasteiger partial charge in [0.15, 0.2) is 0 Å². The number of carbonyl (C=O) groups is 1. The van der Waals surface area contributed by atoms with Crippen LogP contribution in [0.2, 0.25) is 0 Å². The normalized spacial score (nSPS) is 30.0. The summed E-state index contributed by atoms with van der Waals surface area (Å²) in [6.45, 7) is 2.02. The number of carbonyl (C=O) groups excluding carboxylic acids is 1. The average molecular weight is 187 g/mol. The molecule has 1 unspecified atom stereocenters. The van der Waals surface area contributed by atoms with Gasteiger partial charge in [-0.2, -0.15) is 0 Å². The molecule has 1 saturated heterocycles. The van der Waals surface area contributed by atoms with Crippen molar-refractivity contribution < 1.29 is 4.79 Å². The molecule has 1 aromatic rings. The zero-order chi connectivity index (χ0) is 9.60. The SMILES string of the molecule is O=CC12CCCN1Cc1ccccc12. The van der Waals surface area contributed by atoms with E-state index in [1.165, 1.54) is 11.1 Å². The molecule has 0 saturated carbocycles. The van der Waals surface area contributed by atoms with E-state index in [4.69, 9.17) is 0 Å². The standard InChI is InChI=1S/C12H13NO/c14-9-12-6-3-7-13(12)8-10-4-1-2-5-11(10)12/h1-2,4-5,9H,3,6-8H2. The van der Waals surface area contributed by atoms with Crippen LogP contribution >= 0.6 is 0 Å².